The van der Waals surface area contributed by atoms with Crippen LogP contribution in [0.5, 0.6) is 0 Å². The molecule has 4 aromatic rings. The maximum Gasteiger partial charge on any atom is 0.296 e. The maximum atomic E-state index is 12.9. The number of halogens is 2. The normalized spacial score (nSPS) is 14.6. The summed E-state index contributed by atoms with van der Waals surface area (Å²) in [7, 11) is 0. The number of benzene rings is 3. The molecule has 1 saturated carbocycles. The Hall–Kier alpha value is -4.26. The van der Waals surface area contributed by atoms with Crippen LogP contribution in [0.25, 0.3) is 21.8 Å². The van der Waals surface area contributed by atoms with E-state index in [2.05, 4.69) is 10.3 Å². The highest BCUT2D eigenvalue weighted by Crippen LogP contribution is 2.40. The molecule has 5 N–H and O–H groups in total. The lowest BCUT2D eigenvalue weighted by atomic mass is 9.98. The molecular formula is C34H34Cl2N4O7. The largest absolute Gasteiger partial charge is 0.396 e. The van der Waals surface area contributed by atoms with Crippen LogP contribution in [0, 0.1) is 0 Å². The fourth-order valence-electron chi connectivity index (χ4n) is 5.18. The van der Waals surface area contributed by atoms with E-state index in [1.807, 2.05) is 24.3 Å². The molecule has 3 aliphatic rings. The third-order valence-electron chi connectivity index (χ3n) is 7.38. The van der Waals surface area contributed by atoms with Gasteiger partial charge < -0.3 is 26.2 Å². The van der Waals surface area contributed by atoms with Crippen molar-refractivity contribution in [2.75, 3.05) is 36.5 Å². The standard InChI is InChI=1S/C17H13ClN2O2.C8H4ClNO2.C6H8O2.C3H9NO/c18-10-5-6-12-11(9-10)15-16-13(19-12)3-1-4-14(16)20(17(15)22)7-2-8-21;9-4-1-2-6-5(3-4)7(11)8(12)10-6;7-5-2-1-3-6(8)4-5;4-2-1-3-5/h1,3-6,9,21H,2,7-8H2;1-3H,(H,10,11,12);1-4H2;5H,1-4H2. The van der Waals surface area contributed by atoms with Crippen LogP contribution in [-0.4, -0.2) is 70.7 Å². The van der Waals surface area contributed by atoms with E-state index in [9.17, 15) is 24.0 Å². The van der Waals surface area contributed by atoms with E-state index in [4.69, 9.17) is 39.1 Å². The third-order valence-corrected chi connectivity index (χ3v) is 7.85. The Morgan fingerprint density at radius 3 is 2.15 bits per heavy atom. The summed E-state index contributed by atoms with van der Waals surface area (Å²) in [6.07, 6.45) is 3.47. The zero-order valence-electron chi connectivity index (χ0n) is 25.4. The molecule has 0 unspecified atom stereocenters. The van der Waals surface area contributed by atoms with Gasteiger partial charge in [0.05, 0.1) is 40.0 Å². The zero-order valence-corrected chi connectivity index (χ0v) is 26.9. The second kappa shape index (κ2) is 16.5. The van der Waals surface area contributed by atoms with E-state index in [-0.39, 0.29) is 37.1 Å². The van der Waals surface area contributed by atoms with Gasteiger partial charge in [-0.25, -0.2) is 4.98 Å². The second-order valence-corrected chi connectivity index (χ2v) is 11.7. The van der Waals surface area contributed by atoms with Crippen molar-refractivity contribution >= 4 is 85.5 Å². The minimum atomic E-state index is -0.590. The molecule has 1 aromatic heterocycles. The fraction of sp³-hybridized carbons (Fsp3) is 0.294. The Morgan fingerprint density at radius 2 is 1.53 bits per heavy atom. The molecule has 7 rings (SSSR count). The van der Waals surface area contributed by atoms with Crippen molar-refractivity contribution < 1.29 is 34.2 Å². The van der Waals surface area contributed by atoms with Gasteiger partial charge >= 0.3 is 0 Å². The van der Waals surface area contributed by atoms with Gasteiger partial charge in [0.1, 0.15) is 11.6 Å². The van der Waals surface area contributed by atoms with Gasteiger partial charge in [-0.05, 0) is 74.3 Å². The van der Waals surface area contributed by atoms with Gasteiger partial charge in [0.2, 0.25) is 0 Å². The molecular weight excluding hydrogens is 647 g/mol. The molecule has 0 bridgehead atoms. The van der Waals surface area contributed by atoms with E-state index < -0.39 is 11.7 Å². The summed E-state index contributed by atoms with van der Waals surface area (Å²) >= 11 is 11.7. The topological polar surface area (TPSA) is 180 Å². The van der Waals surface area contributed by atoms with E-state index in [1.165, 1.54) is 6.07 Å². The first kappa shape index (κ1) is 35.6. The Bertz CT molecular complexity index is 1830. The van der Waals surface area contributed by atoms with Crippen LogP contribution in [0.2, 0.25) is 10.0 Å². The van der Waals surface area contributed by atoms with Crippen LogP contribution in [-0.2, 0) is 14.4 Å². The number of hydrogen-bond acceptors (Lipinski definition) is 9. The predicted octanol–water partition coefficient (Wildman–Crippen LogP) is 4.88. The Balaban J connectivity index is 0.000000167. The molecule has 1 aliphatic carbocycles. The molecule has 47 heavy (non-hydrogen) atoms. The van der Waals surface area contributed by atoms with Crippen LogP contribution < -0.4 is 16.0 Å². The molecule has 2 aliphatic heterocycles. The van der Waals surface area contributed by atoms with Crippen molar-refractivity contribution in [2.24, 2.45) is 5.73 Å². The number of nitrogens with zero attached hydrogens (tertiary/aromatic N) is 2. The van der Waals surface area contributed by atoms with Gasteiger partial charge in [-0.1, -0.05) is 29.3 Å². The molecule has 0 spiro atoms. The van der Waals surface area contributed by atoms with Gasteiger partial charge in [0.25, 0.3) is 17.6 Å². The Morgan fingerprint density at radius 1 is 0.851 bits per heavy atom. The molecule has 13 heteroatoms. The average Bonchev–Trinajstić information content (AvgIpc) is 3.50. The van der Waals surface area contributed by atoms with Crippen LogP contribution in [0.15, 0.2) is 54.6 Å². The number of carbonyl (C=O) groups excluding carboxylic acids is 5. The maximum absolute atomic E-state index is 12.9. The smallest absolute Gasteiger partial charge is 0.296 e. The minimum absolute atomic E-state index is 0.0469. The van der Waals surface area contributed by atoms with Crippen LogP contribution in [0.1, 0.15) is 59.2 Å². The number of nitrogens with two attached hydrogens (primary N) is 1. The number of aromatic nitrogens is 1. The molecule has 0 atom stereocenters. The van der Waals surface area contributed by atoms with Gasteiger partial charge in [-0.2, -0.15) is 0 Å². The van der Waals surface area contributed by atoms with E-state index in [0.29, 0.717) is 59.2 Å². The van der Waals surface area contributed by atoms with Crippen molar-refractivity contribution in [1.82, 2.24) is 4.98 Å². The molecule has 0 radical (unpaired) electrons. The highest BCUT2D eigenvalue weighted by atomic mass is 35.5. The number of nitrogens with one attached hydrogen (secondary N) is 1. The lowest BCUT2D eigenvalue weighted by Crippen LogP contribution is -2.28. The third kappa shape index (κ3) is 8.56. The first-order valence-electron chi connectivity index (χ1n) is 15.0. The number of pyridine rings is 1. The van der Waals surface area contributed by atoms with Crippen LogP contribution in [0.4, 0.5) is 11.4 Å². The number of carbonyl (C=O) groups is 5. The summed E-state index contributed by atoms with van der Waals surface area (Å²) in [5.74, 6) is -0.934. The number of Topliss-reactive ketones (excluding diaryl/α,β-unsaturated/α-hetero) is 3. The first-order chi connectivity index (χ1) is 22.6. The average molecular weight is 682 g/mol. The summed E-state index contributed by atoms with van der Waals surface area (Å²) in [6, 6.07) is 15.9. The van der Waals surface area contributed by atoms with E-state index in [1.54, 1.807) is 29.2 Å². The summed E-state index contributed by atoms with van der Waals surface area (Å²) in [4.78, 5) is 62.1. The summed E-state index contributed by atoms with van der Waals surface area (Å²) in [6.45, 7) is 1.36. The molecule has 2 amide bonds. The second-order valence-electron chi connectivity index (χ2n) is 10.8. The zero-order chi connectivity index (χ0) is 34.1. The first-order valence-corrected chi connectivity index (χ1v) is 15.8. The number of hydrogen-bond donors (Lipinski definition) is 4. The number of aliphatic hydroxyl groups excluding tert-OH is 2. The molecule has 3 aromatic carbocycles. The highest BCUT2D eigenvalue weighted by Gasteiger charge is 2.32. The number of anilines is 2. The van der Waals surface area contributed by atoms with Crippen molar-refractivity contribution in [3.8, 4) is 0 Å². The minimum Gasteiger partial charge on any atom is -0.396 e. The molecule has 3 heterocycles. The summed E-state index contributed by atoms with van der Waals surface area (Å²) < 4.78 is 0. The lowest BCUT2D eigenvalue weighted by molar-refractivity contribution is -0.129. The lowest BCUT2D eigenvalue weighted by Gasteiger charge is -2.16. The quantitative estimate of drug-likeness (QED) is 0.130. The summed E-state index contributed by atoms with van der Waals surface area (Å²) in [5, 5.41) is 22.2. The number of rotatable bonds is 5. The van der Waals surface area contributed by atoms with Crippen LogP contribution in [0.3, 0.4) is 0 Å². The van der Waals surface area contributed by atoms with Gasteiger partial charge in [0, 0.05) is 53.4 Å². The number of fused-ring (bicyclic) bond motifs is 3. The molecule has 11 nitrogen and oxygen atoms in total. The van der Waals surface area contributed by atoms with E-state index in [0.717, 1.165) is 40.3 Å². The SMILES string of the molecule is NCCCO.O=C1CCCC(=O)C1.O=C1Nc2ccc(Cl)cc2C1=O.O=C1c2c3cc(Cl)ccc3nc3cccc(c23)N1CCCO. The van der Waals surface area contributed by atoms with Crippen molar-refractivity contribution in [3.05, 3.63) is 75.8 Å². The van der Waals surface area contributed by atoms with E-state index >= 15 is 0 Å². The van der Waals surface area contributed by atoms with Crippen molar-refractivity contribution in [2.45, 2.75) is 38.5 Å². The molecule has 246 valence electrons. The Labute approximate surface area is 280 Å². The van der Waals surface area contributed by atoms with Gasteiger partial charge in [-0.15, -0.1) is 0 Å². The Kier molecular flexibility index (Phi) is 12.5. The summed E-state index contributed by atoms with van der Waals surface area (Å²) in [5.41, 5.74) is 8.97. The van der Waals surface area contributed by atoms with Gasteiger partial charge in [-0.3, -0.25) is 24.0 Å². The number of aliphatic hydroxyl groups is 2. The van der Waals surface area contributed by atoms with Gasteiger partial charge in [0.15, 0.2) is 0 Å². The highest BCUT2D eigenvalue weighted by molar-refractivity contribution is 6.52. The fourth-order valence-corrected chi connectivity index (χ4v) is 5.52. The molecule has 0 saturated heterocycles. The molecule has 1 fully saturated rings. The number of amides is 2. The number of ketones is 3. The monoisotopic (exact) mass is 680 g/mol. The van der Waals surface area contributed by atoms with Crippen molar-refractivity contribution in [1.29, 1.82) is 0 Å². The van der Waals surface area contributed by atoms with Crippen LogP contribution >= 0.6 is 23.2 Å². The predicted molar refractivity (Wildman–Crippen MR) is 181 cm³/mol. The van der Waals surface area contributed by atoms with Crippen molar-refractivity contribution in [3.63, 3.8) is 0 Å².